The molecule has 3 heteroatoms. The largest absolute Gasteiger partial charge is 0.364 e. The Hall–Kier alpha value is -1.09. The van der Waals surface area contributed by atoms with E-state index in [4.69, 9.17) is 0 Å². The number of aromatic nitrogens is 1. The molecule has 3 heterocycles. The van der Waals surface area contributed by atoms with Gasteiger partial charge in [-0.2, -0.15) is 0 Å². The number of pyridine rings is 1. The first-order chi connectivity index (χ1) is 8.78. The van der Waals surface area contributed by atoms with Gasteiger partial charge in [0, 0.05) is 23.8 Å². The van der Waals surface area contributed by atoms with Gasteiger partial charge < -0.3 is 10.2 Å². The van der Waals surface area contributed by atoms with E-state index in [9.17, 15) is 0 Å². The number of aryl methyl sites for hydroxylation is 1. The summed E-state index contributed by atoms with van der Waals surface area (Å²) in [6, 6.07) is 6.50. The van der Waals surface area contributed by atoms with Crippen molar-refractivity contribution in [3.8, 4) is 0 Å². The molecule has 2 bridgehead atoms. The van der Waals surface area contributed by atoms with Gasteiger partial charge in [-0.25, -0.2) is 0 Å². The Morgan fingerprint density at radius 3 is 2.50 bits per heavy atom. The summed E-state index contributed by atoms with van der Waals surface area (Å²) in [5.74, 6) is 0. The van der Waals surface area contributed by atoms with Gasteiger partial charge in [-0.15, -0.1) is 0 Å². The fourth-order valence-corrected chi connectivity index (χ4v) is 3.65. The minimum Gasteiger partial charge on any atom is -0.364 e. The topological polar surface area (TPSA) is 28.2 Å². The molecule has 2 atom stereocenters. The van der Waals surface area contributed by atoms with Crippen molar-refractivity contribution >= 4 is 5.69 Å². The lowest BCUT2D eigenvalue weighted by Crippen LogP contribution is -2.56. The lowest BCUT2D eigenvalue weighted by molar-refractivity contribution is 0.252. The Balaban J connectivity index is 1.85. The number of nitrogens with one attached hydrogen (secondary N) is 1. The van der Waals surface area contributed by atoms with Crippen molar-refractivity contribution in [2.45, 2.75) is 57.2 Å². The van der Waals surface area contributed by atoms with Crippen LogP contribution in [0.3, 0.4) is 0 Å². The molecule has 3 nitrogen and oxygen atoms in total. The number of piperidine rings is 2. The molecule has 1 aromatic rings. The Morgan fingerprint density at radius 1 is 1.22 bits per heavy atom. The highest BCUT2D eigenvalue weighted by Gasteiger charge is 2.37. The predicted molar refractivity (Wildman–Crippen MR) is 75.0 cm³/mol. The van der Waals surface area contributed by atoms with Gasteiger partial charge in [-0.3, -0.25) is 4.98 Å². The van der Waals surface area contributed by atoms with Crippen molar-refractivity contribution in [1.82, 2.24) is 10.3 Å². The van der Waals surface area contributed by atoms with Gasteiger partial charge in [0.05, 0.1) is 11.9 Å². The molecule has 2 saturated heterocycles. The maximum absolute atomic E-state index is 4.46. The summed E-state index contributed by atoms with van der Waals surface area (Å²) >= 11 is 0. The van der Waals surface area contributed by atoms with Crippen LogP contribution in [0.15, 0.2) is 18.3 Å². The van der Waals surface area contributed by atoms with Gasteiger partial charge in [-0.1, -0.05) is 0 Å². The van der Waals surface area contributed by atoms with Crippen molar-refractivity contribution in [3.05, 3.63) is 24.0 Å². The predicted octanol–water partition coefficient (Wildman–Crippen LogP) is 2.50. The maximum Gasteiger partial charge on any atom is 0.0557 e. The fourth-order valence-electron chi connectivity index (χ4n) is 3.65. The van der Waals surface area contributed by atoms with E-state index < -0.39 is 0 Å². The summed E-state index contributed by atoms with van der Waals surface area (Å²) in [6.45, 7) is 2.05. The van der Waals surface area contributed by atoms with Gasteiger partial charge in [-0.05, 0) is 58.2 Å². The van der Waals surface area contributed by atoms with Crippen LogP contribution in [0.5, 0.6) is 0 Å². The van der Waals surface area contributed by atoms with Crippen molar-refractivity contribution in [3.63, 3.8) is 0 Å². The molecule has 18 heavy (non-hydrogen) atoms. The normalized spacial score (nSPS) is 31.4. The summed E-state index contributed by atoms with van der Waals surface area (Å²) in [4.78, 5) is 7.11. The molecule has 0 amide bonds. The average molecular weight is 245 g/mol. The van der Waals surface area contributed by atoms with Crippen LogP contribution in [0.2, 0.25) is 0 Å². The standard InChI is InChI=1S/C15H23N3/c1-11-6-7-15(10-17-11)18-13-4-3-5-14(18)9-12(8-13)16-2/h6-7,10,12-14,16H,3-5,8-9H2,1-2H3. The molecule has 1 aromatic heterocycles. The first kappa shape index (κ1) is 12.0. The molecule has 0 aliphatic carbocycles. The Kier molecular flexibility index (Phi) is 3.25. The number of fused-ring (bicyclic) bond motifs is 2. The molecular weight excluding hydrogens is 222 g/mol. The smallest absolute Gasteiger partial charge is 0.0557 e. The van der Waals surface area contributed by atoms with Gasteiger partial charge in [0.2, 0.25) is 0 Å². The van der Waals surface area contributed by atoms with Crippen molar-refractivity contribution in [2.75, 3.05) is 11.9 Å². The highest BCUT2D eigenvalue weighted by molar-refractivity contribution is 5.48. The molecule has 2 unspecified atom stereocenters. The van der Waals surface area contributed by atoms with E-state index in [2.05, 4.69) is 47.5 Å². The summed E-state index contributed by atoms with van der Waals surface area (Å²) in [6.07, 6.45) is 8.68. The number of nitrogens with zero attached hydrogens (tertiary/aromatic N) is 2. The van der Waals surface area contributed by atoms with Crippen LogP contribution < -0.4 is 10.2 Å². The molecule has 0 aromatic carbocycles. The summed E-state index contributed by atoms with van der Waals surface area (Å²) < 4.78 is 0. The highest BCUT2D eigenvalue weighted by atomic mass is 15.2. The van der Waals surface area contributed by atoms with Gasteiger partial charge >= 0.3 is 0 Å². The van der Waals surface area contributed by atoms with E-state index in [1.54, 1.807) is 0 Å². The second kappa shape index (κ2) is 4.88. The Morgan fingerprint density at radius 2 is 1.94 bits per heavy atom. The van der Waals surface area contributed by atoms with E-state index in [0.717, 1.165) is 5.69 Å². The first-order valence-corrected chi connectivity index (χ1v) is 7.16. The van der Waals surface area contributed by atoms with Crippen LogP contribution in [0, 0.1) is 6.92 Å². The SMILES string of the molecule is CNC1CC2CCCC(C1)N2c1ccc(C)nc1. The van der Waals surface area contributed by atoms with Crippen LogP contribution in [0.4, 0.5) is 5.69 Å². The number of hydrogen-bond acceptors (Lipinski definition) is 3. The summed E-state index contributed by atoms with van der Waals surface area (Å²) in [5, 5.41) is 3.47. The second-order valence-electron chi connectivity index (χ2n) is 5.76. The molecule has 2 aliphatic rings. The number of hydrogen-bond donors (Lipinski definition) is 1. The molecule has 0 spiro atoms. The van der Waals surface area contributed by atoms with E-state index in [1.165, 1.54) is 37.8 Å². The van der Waals surface area contributed by atoms with Gasteiger partial charge in [0.15, 0.2) is 0 Å². The Bertz CT molecular complexity index is 387. The molecular formula is C15H23N3. The van der Waals surface area contributed by atoms with Crippen LogP contribution in [0.25, 0.3) is 0 Å². The zero-order chi connectivity index (χ0) is 12.5. The van der Waals surface area contributed by atoms with E-state index in [0.29, 0.717) is 18.1 Å². The summed E-state index contributed by atoms with van der Waals surface area (Å²) in [5.41, 5.74) is 2.43. The zero-order valence-electron chi connectivity index (χ0n) is 11.4. The molecule has 3 rings (SSSR count). The third-order valence-corrected chi connectivity index (χ3v) is 4.58. The van der Waals surface area contributed by atoms with Gasteiger partial charge in [0.1, 0.15) is 0 Å². The maximum atomic E-state index is 4.46. The monoisotopic (exact) mass is 245 g/mol. The number of rotatable bonds is 2. The van der Waals surface area contributed by atoms with Crippen LogP contribution >= 0.6 is 0 Å². The molecule has 0 saturated carbocycles. The molecule has 2 aliphatic heterocycles. The molecule has 1 N–H and O–H groups in total. The first-order valence-electron chi connectivity index (χ1n) is 7.16. The van der Waals surface area contributed by atoms with Crippen molar-refractivity contribution < 1.29 is 0 Å². The Labute approximate surface area is 110 Å². The van der Waals surface area contributed by atoms with E-state index >= 15 is 0 Å². The third-order valence-electron chi connectivity index (χ3n) is 4.58. The minimum atomic E-state index is 0.704. The highest BCUT2D eigenvalue weighted by Crippen LogP contribution is 2.37. The summed E-state index contributed by atoms with van der Waals surface area (Å²) in [7, 11) is 2.10. The lowest BCUT2D eigenvalue weighted by Gasteiger charge is -2.50. The van der Waals surface area contributed by atoms with E-state index in [1.807, 2.05) is 0 Å². The quantitative estimate of drug-likeness (QED) is 0.867. The van der Waals surface area contributed by atoms with Crippen LogP contribution in [-0.2, 0) is 0 Å². The number of anilines is 1. The fraction of sp³-hybridized carbons (Fsp3) is 0.667. The van der Waals surface area contributed by atoms with E-state index in [-0.39, 0.29) is 0 Å². The average Bonchev–Trinajstić information content (AvgIpc) is 2.38. The third kappa shape index (κ3) is 2.12. The van der Waals surface area contributed by atoms with Crippen molar-refractivity contribution in [2.24, 2.45) is 0 Å². The molecule has 98 valence electrons. The van der Waals surface area contributed by atoms with Crippen molar-refractivity contribution in [1.29, 1.82) is 0 Å². The molecule has 2 fully saturated rings. The van der Waals surface area contributed by atoms with Gasteiger partial charge in [0.25, 0.3) is 0 Å². The lowest BCUT2D eigenvalue weighted by atomic mass is 9.81. The van der Waals surface area contributed by atoms with Crippen LogP contribution in [-0.4, -0.2) is 30.2 Å². The second-order valence-corrected chi connectivity index (χ2v) is 5.76. The zero-order valence-corrected chi connectivity index (χ0v) is 11.4. The minimum absolute atomic E-state index is 0.704. The molecule has 0 radical (unpaired) electrons. The van der Waals surface area contributed by atoms with Crippen LogP contribution in [0.1, 0.15) is 37.8 Å².